The molecule has 0 aliphatic heterocycles. The van der Waals surface area contributed by atoms with Crippen molar-refractivity contribution in [2.24, 2.45) is 17.8 Å². The van der Waals surface area contributed by atoms with Crippen LogP contribution in [0.15, 0.2) is 24.4 Å². The van der Waals surface area contributed by atoms with Gasteiger partial charge in [0.15, 0.2) is 5.78 Å². The minimum absolute atomic E-state index is 0.244. The summed E-state index contributed by atoms with van der Waals surface area (Å²) in [5.41, 5.74) is 1.85. The molecule has 2 aliphatic carbocycles. The second-order valence-corrected chi connectivity index (χ2v) is 6.13. The molecule has 1 N–H and O–H groups in total. The third kappa shape index (κ3) is 1.84. The maximum Gasteiger partial charge on any atom is 0.168 e. The van der Waals surface area contributed by atoms with Gasteiger partial charge in [0.2, 0.25) is 0 Å². The zero-order valence-electron chi connectivity index (χ0n) is 11.7. The molecule has 0 bridgehead atoms. The molecular weight excluding hydrogens is 250 g/mol. The maximum atomic E-state index is 12.7. The van der Waals surface area contributed by atoms with Gasteiger partial charge in [-0.15, -0.1) is 0 Å². The van der Waals surface area contributed by atoms with Crippen molar-refractivity contribution in [1.82, 2.24) is 4.98 Å². The molecule has 2 aliphatic rings. The molecule has 0 radical (unpaired) electrons. The van der Waals surface area contributed by atoms with E-state index in [1.165, 1.54) is 6.42 Å². The second kappa shape index (κ2) is 4.37. The van der Waals surface area contributed by atoms with Crippen molar-refractivity contribution in [3.05, 3.63) is 30.0 Å². The predicted octanol–water partition coefficient (Wildman–Crippen LogP) is 3.80. The van der Waals surface area contributed by atoms with Crippen molar-refractivity contribution in [1.29, 1.82) is 0 Å². The minimum Gasteiger partial charge on any atom is -0.494 e. The second-order valence-electron chi connectivity index (χ2n) is 6.13. The highest BCUT2D eigenvalue weighted by Crippen LogP contribution is 2.55. The van der Waals surface area contributed by atoms with E-state index in [9.17, 15) is 4.79 Å². The van der Waals surface area contributed by atoms with Gasteiger partial charge in [0.1, 0.15) is 5.75 Å². The van der Waals surface area contributed by atoms with E-state index in [2.05, 4.69) is 4.98 Å². The summed E-state index contributed by atoms with van der Waals surface area (Å²) in [5.74, 6) is 3.08. The summed E-state index contributed by atoms with van der Waals surface area (Å²) in [6, 6.07) is 5.92. The fourth-order valence-electron chi connectivity index (χ4n) is 3.71. The monoisotopic (exact) mass is 269 g/mol. The Bertz CT molecular complexity index is 663. The summed E-state index contributed by atoms with van der Waals surface area (Å²) in [5, 5.41) is 1.00. The van der Waals surface area contributed by atoms with Crippen LogP contribution in [0.25, 0.3) is 10.9 Å². The van der Waals surface area contributed by atoms with Gasteiger partial charge in [0, 0.05) is 28.6 Å². The molecule has 2 fully saturated rings. The summed E-state index contributed by atoms with van der Waals surface area (Å²) < 4.78 is 5.54. The van der Waals surface area contributed by atoms with Crippen molar-refractivity contribution in [3.8, 4) is 5.75 Å². The lowest BCUT2D eigenvalue weighted by Crippen LogP contribution is -2.12. The third-order valence-corrected chi connectivity index (χ3v) is 4.84. The number of nitrogens with one attached hydrogen (secondary N) is 1. The standard InChI is InChI=1S/C17H19NO2/c1-2-20-13-3-4-16-14(8-13)15(9-18-16)17(19)12-6-10-5-11(10)7-12/h3-4,8-12,18H,2,5-7H2,1H3. The van der Waals surface area contributed by atoms with Gasteiger partial charge in [-0.05, 0) is 56.2 Å². The largest absolute Gasteiger partial charge is 0.494 e. The molecule has 2 aromatic rings. The molecule has 0 saturated heterocycles. The Labute approximate surface area is 118 Å². The molecule has 4 rings (SSSR count). The quantitative estimate of drug-likeness (QED) is 0.858. The van der Waals surface area contributed by atoms with E-state index in [-0.39, 0.29) is 5.92 Å². The Kier molecular flexibility index (Phi) is 2.62. The number of Topliss-reactive ketones (excluding diaryl/α,β-unsaturated/α-hetero) is 1. The van der Waals surface area contributed by atoms with Crippen molar-refractivity contribution in [2.45, 2.75) is 26.2 Å². The van der Waals surface area contributed by atoms with Gasteiger partial charge in [0.05, 0.1) is 6.61 Å². The van der Waals surface area contributed by atoms with Crippen LogP contribution >= 0.6 is 0 Å². The number of fused-ring (bicyclic) bond motifs is 2. The molecule has 20 heavy (non-hydrogen) atoms. The zero-order valence-corrected chi connectivity index (χ0v) is 11.7. The maximum absolute atomic E-state index is 12.7. The lowest BCUT2D eigenvalue weighted by molar-refractivity contribution is 0.0916. The average Bonchev–Trinajstić information content (AvgIpc) is 2.88. The molecule has 3 heteroatoms. The number of hydrogen-bond acceptors (Lipinski definition) is 2. The van der Waals surface area contributed by atoms with Crippen LogP contribution in [0, 0.1) is 17.8 Å². The van der Waals surface area contributed by atoms with Crippen LogP contribution in [0.5, 0.6) is 5.75 Å². The molecule has 2 unspecified atom stereocenters. The van der Waals surface area contributed by atoms with E-state index in [4.69, 9.17) is 4.74 Å². The van der Waals surface area contributed by atoms with Gasteiger partial charge in [-0.2, -0.15) is 0 Å². The molecule has 0 amide bonds. The molecule has 1 aromatic heterocycles. The van der Waals surface area contributed by atoms with E-state index in [0.717, 1.165) is 46.9 Å². The summed E-state index contributed by atoms with van der Waals surface area (Å²) in [6.07, 6.45) is 5.42. The van der Waals surface area contributed by atoms with E-state index in [1.54, 1.807) is 0 Å². The summed E-state index contributed by atoms with van der Waals surface area (Å²) in [7, 11) is 0. The Morgan fingerprint density at radius 2 is 2.10 bits per heavy atom. The van der Waals surface area contributed by atoms with E-state index >= 15 is 0 Å². The van der Waals surface area contributed by atoms with Crippen molar-refractivity contribution in [3.63, 3.8) is 0 Å². The predicted molar refractivity (Wildman–Crippen MR) is 78.1 cm³/mol. The first kappa shape index (κ1) is 12.0. The Hall–Kier alpha value is -1.77. The van der Waals surface area contributed by atoms with Gasteiger partial charge in [-0.1, -0.05) is 0 Å². The number of ether oxygens (including phenoxy) is 1. The Balaban J connectivity index is 1.67. The molecule has 3 nitrogen and oxygen atoms in total. The first-order valence-electron chi connectivity index (χ1n) is 7.54. The van der Waals surface area contributed by atoms with Gasteiger partial charge in [-0.25, -0.2) is 0 Å². The Morgan fingerprint density at radius 3 is 2.85 bits per heavy atom. The summed E-state index contributed by atoms with van der Waals surface area (Å²) >= 11 is 0. The lowest BCUT2D eigenvalue weighted by Gasteiger charge is -2.10. The number of carbonyl (C=O) groups excluding carboxylic acids is 1. The fraction of sp³-hybridized carbons (Fsp3) is 0.471. The van der Waals surface area contributed by atoms with Crippen LogP contribution in [0.4, 0.5) is 0 Å². The van der Waals surface area contributed by atoms with Gasteiger partial charge in [-0.3, -0.25) is 4.79 Å². The summed E-state index contributed by atoms with van der Waals surface area (Å²) in [4.78, 5) is 15.9. The number of H-pyrrole nitrogens is 1. The van der Waals surface area contributed by atoms with Crippen LogP contribution in [-0.2, 0) is 0 Å². The zero-order chi connectivity index (χ0) is 13.7. The van der Waals surface area contributed by atoms with Crippen LogP contribution < -0.4 is 4.74 Å². The highest BCUT2D eigenvalue weighted by molar-refractivity contribution is 6.09. The van der Waals surface area contributed by atoms with Crippen molar-refractivity contribution < 1.29 is 9.53 Å². The number of ketones is 1. The number of hydrogen-bond donors (Lipinski definition) is 1. The smallest absolute Gasteiger partial charge is 0.168 e. The first-order valence-corrected chi connectivity index (χ1v) is 7.54. The number of aromatic nitrogens is 1. The minimum atomic E-state index is 0.244. The van der Waals surface area contributed by atoms with Gasteiger partial charge >= 0.3 is 0 Å². The number of aromatic amines is 1. The molecule has 1 heterocycles. The first-order chi connectivity index (χ1) is 9.76. The van der Waals surface area contributed by atoms with Crippen LogP contribution in [0.2, 0.25) is 0 Å². The highest BCUT2D eigenvalue weighted by atomic mass is 16.5. The van der Waals surface area contributed by atoms with E-state index in [0.29, 0.717) is 12.4 Å². The number of rotatable bonds is 4. The Morgan fingerprint density at radius 1 is 1.30 bits per heavy atom. The summed E-state index contributed by atoms with van der Waals surface area (Å²) in [6.45, 7) is 2.61. The van der Waals surface area contributed by atoms with Crippen LogP contribution in [0.3, 0.4) is 0 Å². The normalized spacial score (nSPS) is 27.6. The SMILES string of the molecule is CCOc1ccc2[nH]cc(C(=O)C3CC4CC4C3)c2c1. The third-order valence-electron chi connectivity index (χ3n) is 4.84. The molecule has 2 saturated carbocycles. The molecule has 0 spiro atoms. The topological polar surface area (TPSA) is 42.1 Å². The average molecular weight is 269 g/mol. The molecular formula is C17H19NO2. The highest BCUT2D eigenvalue weighted by Gasteiger charge is 2.48. The van der Waals surface area contributed by atoms with Crippen molar-refractivity contribution >= 4 is 16.7 Å². The molecule has 2 atom stereocenters. The lowest BCUT2D eigenvalue weighted by atomic mass is 9.93. The fourth-order valence-corrected chi connectivity index (χ4v) is 3.71. The van der Waals surface area contributed by atoms with Crippen LogP contribution in [0.1, 0.15) is 36.5 Å². The van der Waals surface area contributed by atoms with Crippen molar-refractivity contribution in [2.75, 3.05) is 6.61 Å². The molecule has 1 aromatic carbocycles. The van der Waals surface area contributed by atoms with E-state index < -0.39 is 0 Å². The van der Waals surface area contributed by atoms with Gasteiger partial charge < -0.3 is 9.72 Å². The number of benzene rings is 1. The van der Waals surface area contributed by atoms with E-state index in [1.807, 2.05) is 31.3 Å². The van der Waals surface area contributed by atoms with Crippen LogP contribution in [-0.4, -0.2) is 17.4 Å². The molecule has 104 valence electrons. The number of carbonyl (C=O) groups is 1. The van der Waals surface area contributed by atoms with Gasteiger partial charge in [0.25, 0.3) is 0 Å².